The molecule has 0 fully saturated rings. The minimum atomic E-state index is -0.551. The number of rotatable bonds is 4. The Hall–Kier alpha value is -2.39. The summed E-state index contributed by atoms with van der Waals surface area (Å²) in [6.45, 7) is 0. The lowest BCUT2D eigenvalue weighted by Gasteiger charge is -2.11. The Morgan fingerprint density at radius 2 is 1.80 bits per heavy atom. The second-order valence-corrected chi connectivity index (χ2v) is 4.75. The van der Waals surface area contributed by atoms with Crippen LogP contribution in [0.3, 0.4) is 0 Å². The van der Waals surface area contributed by atoms with Gasteiger partial charge in [-0.2, -0.15) is 0 Å². The highest BCUT2D eigenvalue weighted by Crippen LogP contribution is 2.24. The van der Waals surface area contributed by atoms with Crippen LogP contribution in [0.2, 0.25) is 0 Å². The molecule has 2 N–H and O–H groups in total. The van der Waals surface area contributed by atoms with Gasteiger partial charge in [-0.3, -0.25) is 0 Å². The van der Waals surface area contributed by atoms with Gasteiger partial charge in [0.1, 0.15) is 5.82 Å². The molecule has 0 aliphatic carbocycles. The largest absolute Gasteiger partial charge is 0.388 e. The maximum atomic E-state index is 10.3. The van der Waals surface area contributed by atoms with Gasteiger partial charge in [-0.25, -0.2) is 4.98 Å². The van der Waals surface area contributed by atoms with E-state index in [0.29, 0.717) is 6.42 Å². The van der Waals surface area contributed by atoms with E-state index in [1.807, 2.05) is 36.4 Å². The number of imidazole rings is 1. The molecule has 0 spiro atoms. The summed E-state index contributed by atoms with van der Waals surface area (Å²) in [6, 6.07) is 18.2. The zero-order valence-electron chi connectivity index (χ0n) is 11.0. The maximum absolute atomic E-state index is 10.3. The van der Waals surface area contributed by atoms with Crippen LogP contribution in [0, 0.1) is 0 Å². The third-order valence-corrected chi connectivity index (χ3v) is 3.32. The van der Waals surface area contributed by atoms with E-state index in [4.69, 9.17) is 0 Å². The van der Waals surface area contributed by atoms with E-state index in [-0.39, 0.29) is 0 Å². The standard InChI is InChI=1S/C17H16N2O/c20-16(12-17-18-9-10-19-17)15-8-4-7-14(11-15)13-5-2-1-3-6-13/h1-11,16,20H,12H2,(H,18,19). The molecule has 3 rings (SSSR count). The van der Waals surface area contributed by atoms with Crippen molar-refractivity contribution in [2.45, 2.75) is 12.5 Å². The molecule has 0 radical (unpaired) electrons. The van der Waals surface area contributed by atoms with Crippen LogP contribution in [0.15, 0.2) is 67.0 Å². The van der Waals surface area contributed by atoms with Gasteiger partial charge in [0.05, 0.1) is 6.10 Å². The predicted octanol–water partition coefficient (Wildman–Crippen LogP) is 3.35. The zero-order valence-corrected chi connectivity index (χ0v) is 11.0. The van der Waals surface area contributed by atoms with Gasteiger partial charge in [0, 0.05) is 18.8 Å². The normalized spacial score (nSPS) is 12.2. The number of hydrogen-bond acceptors (Lipinski definition) is 2. The van der Waals surface area contributed by atoms with Gasteiger partial charge in [-0.15, -0.1) is 0 Å². The Morgan fingerprint density at radius 1 is 1.00 bits per heavy atom. The van der Waals surface area contributed by atoms with Crippen molar-refractivity contribution in [2.24, 2.45) is 0 Å². The van der Waals surface area contributed by atoms with E-state index in [1.54, 1.807) is 12.4 Å². The molecule has 0 aliphatic rings. The third kappa shape index (κ3) is 2.78. The van der Waals surface area contributed by atoms with Gasteiger partial charge in [0.2, 0.25) is 0 Å². The highest BCUT2D eigenvalue weighted by molar-refractivity contribution is 5.64. The van der Waals surface area contributed by atoms with E-state index in [1.165, 1.54) is 0 Å². The van der Waals surface area contributed by atoms with Gasteiger partial charge >= 0.3 is 0 Å². The lowest BCUT2D eigenvalue weighted by Crippen LogP contribution is -2.03. The van der Waals surface area contributed by atoms with Crippen molar-refractivity contribution in [3.8, 4) is 11.1 Å². The predicted molar refractivity (Wildman–Crippen MR) is 79.1 cm³/mol. The highest BCUT2D eigenvalue weighted by Gasteiger charge is 2.10. The van der Waals surface area contributed by atoms with Gasteiger partial charge < -0.3 is 10.1 Å². The second kappa shape index (κ2) is 5.72. The summed E-state index contributed by atoms with van der Waals surface area (Å²) in [5.41, 5.74) is 3.17. The molecule has 1 atom stereocenters. The van der Waals surface area contributed by atoms with Crippen molar-refractivity contribution in [3.05, 3.63) is 78.4 Å². The summed E-state index contributed by atoms with van der Waals surface area (Å²) in [4.78, 5) is 7.16. The van der Waals surface area contributed by atoms with Crippen LogP contribution >= 0.6 is 0 Å². The molecule has 1 unspecified atom stereocenters. The fourth-order valence-electron chi connectivity index (χ4n) is 2.27. The number of nitrogens with zero attached hydrogens (tertiary/aromatic N) is 1. The number of hydrogen-bond donors (Lipinski definition) is 2. The number of H-pyrrole nitrogens is 1. The molecule has 3 heteroatoms. The molecule has 0 saturated heterocycles. The van der Waals surface area contributed by atoms with E-state index in [9.17, 15) is 5.11 Å². The van der Waals surface area contributed by atoms with Crippen molar-refractivity contribution >= 4 is 0 Å². The molecular weight excluding hydrogens is 248 g/mol. The van der Waals surface area contributed by atoms with Crippen LogP contribution in [0.1, 0.15) is 17.5 Å². The minimum absolute atomic E-state index is 0.491. The molecule has 3 aromatic rings. The van der Waals surface area contributed by atoms with Crippen LogP contribution in [0.4, 0.5) is 0 Å². The van der Waals surface area contributed by atoms with E-state index in [2.05, 4.69) is 28.2 Å². The van der Waals surface area contributed by atoms with Gasteiger partial charge in [0.15, 0.2) is 0 Å². The Morgan fingerprint density at radius 3 is 2.55 bits per heavy atom. The van der Waals surface area contributed by atoms with Gasteiger partial charge in [-0.1, -0.05) is 48.5 Å². The Bertz CT molecular complexity index is 662. The number of aromatic nitrogens is 2. The van der Waals surface area contributed by atoms with E-state index < -0.39 is 6.10 Å². The molecule has 1 heterocycles. The first-order valence-corrected chi connectivity index (χ1v) is 6.64. The first-order valence-electron chi connectivity index (χ1n) is 6.64. The number of aliphatic hydroxyl groups is 1. The monoisotopic (exact) mass is 264 g/mol. The molecule has 0 amide bonds. The number of aromatic amines is 1. The quantitative estimate of drug-likeness (QED) is 0.759. The third-order valence-electron chi connectivity index (χ3n) is 3.32. The van der Waals surface area contributed by atoms with Gasteiger partial charge in [0.25, 0.3) is 0 Å². The summed E-state index contributed by atoms with van der Waals surface area (Å²) in [5.74, 6) is 0.794. The molecule has 3 nitrogen and oxygen atoms in total. The lowest BCUT2D eigenvalue weighted by molar-refractivity contribution is 0.176. The summed E-state index contributed by atoms with van der Waals surface area (Å²) in [5, 5.41) is 10.3. The Balaban J connectivity index is 1.84. The number of nitrogens with one attached hydrogen (secondary N) is 1. The summed E-state index contributed by atoms with van der Waals surface area (Å²) < 4.78 is 0. The fraction of sp³-hybridized carbons (Fsp3) is 0.118. The van der Waals surface area contributed by atoms with Crippen molar-refractivity contribution in [3.63, 3.8) is 0 Å². The smallest absolute Gasteiger partial charge is 0.108 e. The Labute approximate surface area is 117 Å². The van der Waals surface area contributed by atoms with Gasteiger partial charge in [-0.05, 0) is 22.8 Å². The van der Waals surface area contributed by atoms with Crippen molar-refractivity contribution in [1.29, 1.82) is 0 Å². The van der Waals surface area contributed by atoms with E-state index >= 15 is 0 Å². The molecule has 1 aromatic heterocycles. The van der Waals surface area contributed by atoms with Crippen LogP contribution in [-0.2, 0) is 6.42 Å². The van der Waals surface area contributed by atoms with Crippen LogP contribution in [0.25, 0.3) is 11.1 Å². The highest BCUT2D eigenvalue weighted by atomic mass is 16.3. The average molecular weight is 264 g/mol. The summed E-state index contributed by atoms with van der Waals surface area (Å²) >= 11 is 0. The topological polar surface area (TPSA) is 48.9 Å². The minimum Gasteiger partial charge on any atom is -0.388 e. The van der Waals surface area contributed by atoms with Crippen LogP contribution in [-0.4, -0.2) is 15.1 Å². The first kappa shape index (κ1) is 12.6. The lowest BCUT2D eigenvalue weighted by atomic mass is 9.99. The number of aliphatic hydroxyl groups excluding tert-OH is 1. The molecular formula is C17H16N2O. The molecule has 0 aliphatic heterocycles. The first-order chi connectivity index (χ1) is 9.83. The summed E-state index contributed by atoms with van der Waals surface area (Å²) in [6.07, 6.45) is 3.40. The van der Waals surface area contributed by atoms with Crippen molar-refractivity contribution in [2.75, 3.05) is 0 Å². The fourth-order valence-corrected chi connectivity index (χ4v) is 2.27. The molecule has 0 saturated carbocycles. The molecule has 2 aromatic carbocycles. The van der Waals surface area contributed by atoms with Crippen molar-refractivity contribution < 1.29 is 5.11 Å². The maximum Gasteiger partial charge on any atom is 0.108 e. The summed E-state index contributed by atoms with van der Waals surface area (Å²) in [7, 11) is 0. The molecule has 0 bridgehead atoms. The zero-order chi connectivity index (χ0) is 13.8. The second-order valence-electron chi connectivity index (χ2n) is 4.75. The van der Waals surface area contributed by atoms with E-state index in [0.717, 1.165) is 22.5 Å². The van der Waals surface area contributed by atoms with Crippen LogP contribution in [0.5, 0.6) is 0 Å². The van der Waals surface area contributed by atoms with Crippen LogP contribution < -0.4 is 0 Å². The van der Waals surface area contributed by atoms with Crippen molar-refractivity contribution in [1.82, 2.24) is 9.97 Å². The molecule has 20 heavy (non-hydrogen) atoms. The number of benzene rings is 2. The Kier molecular flexibility index (Phi) is 3.61. The average Bonchev–Trinajstić information content (AvgIpc) is 3.01. The SMILES string of the molecule is OC(Cc1ncc[nH]1)c1cccc(-c2ccccc2)c1. The molecule has 100 valence electrons.